The second kappa shape index (κ2) is 6.37. The minimum absolute atomic E-state index is 0.0824. The molecule has 3 aromatic heterocycles. The minimum Gasteiger partial charge on any atom is -0.375 e. The van der Waals surface area contributed by atoms with Crippen molar-refractivity contribution in [2.24, 2.45) is 0 Å². The summed E-state index contributed by atoms with van der Waals surface area (Å²) in [6.07, 6.45) is 5.96. The van der Waals surface area contributed by atoms with Crippen molar-refractivity contribution in [3.8, 4) is 0 Å². The third-order valence-electron chi connectivity index (χ3n) is 6.37. The highest BCUT2D eigenvalue weighted by molar-refractivity contribution is 7.13. The zero-order valence-corrected chi connectivity index (χ0v) is 16.5. The van der Waals surface area contributed by atoms with Gasteiger partial charge in [0.25, 0.3) is 5.56 Å². The number of alkyl halides is 1. The molecule has 9 heteroatoms. The number of thiazole rings is 1. The maximum Gasteiger partial charge on any atom is 0.262 e. The number of anilines is 1. The molecule has 2 aliphatic carbocycles. The molecule has 5 rings (SSSR count). The molecule has 2 fully saturated rings. The van der Waals surface area contributed by atoms with Crippen LogP contribution >= 0.6 is 11.3 Å². The van der Waals surface area contributed by atoms with Gasteiger partial charge in [0.1, 0.15) is 16.9 Å². The van der Waals surface area contributed by atoms with Crippen LogP contribution < -0.4 is 11.3 Å². The van der Waals surface area contributed by atoms with Gasteiger partial charge in [-0.1, -0.05) is 0 Å². The Balaban J connectivity index is 1.49. The maximum absolute atomic E-state index is 14.2. The molecule has 0 bridgehead atoms. The van der Waals surface area contributed by atoms with E-state index in [1.807, 2.05) is 10.1 Å². The lowest BCUT2D eigenvalue weighted by molar-refractivity contribution is 0.103. The second-order valence-electron chi connectivity index (χ2n) is 8.32. The quantitative estimate of drug-likeness (QED) is 0.696. The molecule has 3 aromatic rings. The third-order valence-corrected chi connectivity index (χ3v) is 7.06. The average Bonchev–Trinajstić information content (AvgIpc) is 3.21. The van der Waals surface area contributed by atoms with Crippen molar-refractivity contribution in [1.29, 1.82) is 0 Å². The Bertz CT molecular complexity index is 1080. The van der Waals surface area contributed by atoms with Crippen molar-refractivity contribution in [3.05, 3.63) is 33.4 Å². The largest absolute Gasteiger partial charge is 0.375 e. The molecule has 0 aromatic carbocycles. The summed E-state index contributed by atoms with van der Waals surface area (Å²) in [6, 6.07) is 0.0824. The smallest absolute Gasteiger partial charge is 0.262 e. The van der Waals surface area contributed by atoms with Gasteiger partial charge in [-0.25, -0.2) is 19.0 Å². The highest BCUT2D eigenvalue weighted by atomic mass is 32.1. The van der Waals surface area contributed by atoms with E-state index in [9.17, 15) is 9.18 Å². The van der Waals surface area contributed by atoms with Crippen LogP contribution in [0.3, 0.4) is 0 Å². The van der Waals surface area contributed by atoms with Gasteiger partial charge < -0.3 is 10.7 Å². The molecule has 2 saturated carbocycles. The van der Waals surface area contributed by atoms with Crippen molar-refractivity contribution in [2.75, 3.05) is 5.73 Å². The number of nitrogens with two attached hydrogens (primary N) is 1. The first-order chi connectivity index (χ1) is 13.4. The van der Waals surface area contributed by atoms with Crippen LogP contribution in [0.2, 0.25) is 0 Å². The molecule has 0 saturated heterocycles. The van der Waals surface area contributed by atoms with Crippen LogP contribution in [0.1, 0.15) is 74.8 Å². The standard InChI is InChI=1S/C19H23FN6OS/c1-19(20)6-4-10(5-7-19)26-16-13(8-22-26)17(27)25-15(24-16)12-3-2-11(12)14-9-28-18(21)23-14/h8-12H,2-7H2,1H3,(H2,21,23)(H,24,25,27)/t10?,11-,12-,19?/m1/s1. The van der Waals surface area contributed by atoms with E-state index >= 15 is 0 Å². The fraction of sp³-hybridized carbons (Fsp3) is 0.579. The number of halogens is 1. The average molecular weight is 402 g/mol. The summed E-state index contributed by atoms with van der Waals surface area (Å²) >= 11 is 1.44. The lowest BCUT2D eigenvalue weighted by atomic mass is 9.71. The van der Waals surface area contributed by atoms with Gasteiger partial charge in [0, 0.05) is 17.2 Å². The minimum atomic E-state index is -1.11. The van der Waals surface area contributed by atoms with Crippen LogP contribution in [0.25, 0.3) is 11.0 Å². The number of aromatic nitrogens is 5. The Labute approximate surface area is 165 Å². The summed E-state index contributed by atoms with van der Waals surface area (Å²) in [7, 11) is 0. The summed E-state index contributed by atoms with van der Waals surface area (Å²) in [5.74, 6) is 1.04. The number of nitrogen functional groups attached to an aromatic ring is 1. The number of rotatable bonds is 3. The number of hydrogen-bond donors (Lipinski definition) is 2. The normalized spacial score (nSPS) is 30.4. The number of hydrogen-bond acceptors (Lipinski definition) is 6. The zero-order chi connectivity index (χ0) is 19.5. The summed E-state index contributed by atoms with van der Waals surface area (Å²) < 4.78 is 16.0. The Morgan fingerprint density at radius 3 is 2.64 bits per heavy atom. The Kier molecular flexibility index (Phi) is 4.04. The molecule has 7 nitrogen and oxygen atoms in total. The van der Waals surface area contributed by atoms with Gasteiger partial charge >= 0.3 is 0 Å². The highest BCUT2D eigenvalue weighted by Gasteiger charge is 2.37. The van der Waals surface area contributed by atoms with Gasteiger partial charge in [-0.15, -0.1) is 11.3 Å². The van der Waals surface area contributed by atoms with Crippen LogP contribution in [0.4, 0.5) is 9.52 Å². The molecule has 2 aliphatic rings. The van der Waals surface area contributed by atoms with Crippen LogP contribution in [-0.4, -0.2) is 30.4 Å². The van der Waals surface area contributed by atoms with Crippen molar-refractivity contribution in [1.82, 2.24) is 24.7 Å². The third kappa shape index (κ3) is 2.92. The summed E-state index contributed by atoms with van der Waals surface area (Å²) in [5, 5.41) is 7.48. The zero-order valence-electron chi connectivity index (χ0n) is 15.7. The molecule has 148 valence electrons. The number of nitrogens with one attached hydrogen (secondary N) is 1. The molecule has 0 spiro atoms. The molecule has 0 unspecified atom stereocenters. The second-order valence-corrected chi connectivity index (χ2v) is 9.21. The summed E-state index contributed by atoms with van der Waals surface area (Å²) in [4.78, 5) is 24.8. The van der Waals surface area contributed by atoms with E-state index in [0.29, 0.717) is 47.7 Å². The predicted octanol–water partition coefficient (Wildman–Crippen LogP) is 3.66. The van der Waals surface area contributed by atoms with E-state index in [-0.39, 0.29) is 23.4 Å². The Hall–Kier alpha value is -2.29. The number of nitrogens with zero attached hydrogens (tertiary/aromatic N) is 4. The van der Waals surface area contributed by atoms with E-state index in [1.54, 1.807) is 13.1 Å². The van der Waals surface area contributed by atoms with Gasteiger partial charge in [-0.05, 0) is 45.4 Å². The molecule has 3 N–H and O–H groups in total. The van der Waals surface area contributed by atoms with Gasteiger partial charge in [0.05, 0.1) is 17.9 Å². The fourth-order valence-electron chi connectivity index (χ4n) is 4.50. The summed E-state index contributed by atoms with van der Waals surface area (Å²) in [6.45, 7) is 1.66. The van der Waals surface area contributed by atoms with Crippen molar-refractivity contribution >= 4 is 27.5 Å². The molecule has 2 atom stereocenters. The van der Waals surface area contributed by atoms with E-state index < -0.39 is 5.67 Å². The van der Waals surface area contributed by atoms with Gasteiger partial charge in [0.15, 0.2) is 10.8 Å². The molecule has 3 heterocycles. The van der Waals surface area contributed by atoms with Crippen molar-refractivity contribution < 1.29 is 4.39 Å². The molecule has 0 radical (unpaired) electrons. The highest BCUT2D eigenvalue weighted by Crippen LogP contribution is 2.48. The first-order valence-electron chi connectivity index (χ1n) is 9.78. The summed E-state index contributed by atoms with van der Waals surface area (Å²) in [5.41, 5.74) is 6.09. The van der Waals surface area contributed by atoms with E-state index in [0.717, 1.165) is 18.5 Å². The monoisotopic (exact) mass is 402 g/mol. The number of fused-ring (bicyclic) bond motifs is 1. The first-order valence-corrected chi connectivity index (χ1v) is 10.7. The Morgan fingerprint density at radius 1 is 1.25 bits per heavy atom. The maximum atomic E-state index is 14.2. The molecular weight excluding hydrogens is 379 g/mol. The predicted molar refractivity (Wildman–Crippen MR) is 106 cm³/mol. The van der Waals surface area contributed by atoms with Gasteiger partial charge in [-0.2, -0.15) is 5.10 Å². The molecule has 0 amide bonds. The van der Waals surface area contributed by atoms with Gasteiger partial charge in [0.2, 0.25) is 0 Å². The SMILES string of the molecule is CC1(F)CCC(n2ncc3c(=O)[nH]c([C@@H]4CC[C@H]4c4csc(N)n4)nc32)CC1. The van der Waals surface area contributed by atoms with Crippen LogP contribution in [-0.2, 0) is 0 Å². The van der Waals surface area contributed by atoms with Crippen LogP contribution in [0.5, 0.6) is 0 Å². The fourth-order valence-corrected chi connectivity index (χ4v) is 5.12. The number of aromatic amines is 1. The van der Waals surface area contributed by atoms with Crippen LogP contribution in [0.15, 0.2) is 16.4 Å². The topological polar surface area (TPSA) is 102 Å². The van der Waals surface area contributed by atoms with Gasteiger partial charge in [-0.3, -0.25) is 4.79 Å². The van der Waals surface area contributed by atoms with Crippen molar-refractivity contribution in [3.63, 3.8) is 0 Å². The van der Waals surface area contributed by atoms with E-state index in [2.05, 4.69) is 15.1 Å². The van der Waals surface area contributed by atoms with E-state index in [4.69, 9.17) is 10.7 Å². The first kappa shape index (κ1) is 17.8. The number of H-pyrrole nitrogens is 1. The Morgan fingerprint density at radius 2 is 2.00 bits per heavy atom. The van der Waals surface area contributed by atoms with E-state index in [1.165, 1.54) is 11.3 Å². The lowest BCUT2D eigenvalue weighted by Crippen LogP contribution is -2.29. The molecule has 28 heavy (non-hydrogen) atoms. The molecule has 0 aliphatic heterocycles. The lowest BCUT2D eigenvalue weighted by Gasteiger charge is -2.34. The van der Waals surface area contributed by atoms with Crippen LogP contribution in [0, 0.1) is 0 Å². The van der Waals surface area contributed by atoms with Crippen molar-refractivity contribution in [2.45, 2.75) is 69.0 Å². The molecular formula is C19H23FN6OS.